The average Bonchev–Trinajstić information content (AvgIpc) is 3.31. The van der Waals surface area contributed by atoms with E-state index in [2.05, 4.69) is 29.6 Å². The minimum Gasteiger partial charge on any atom is -0.322 e. The Morgan fingerprint density at radius 2 is 1.68 bits per heavy atom. The van der Waals surface area contributed by atoms with E-state index >= 15 is 0 Å². The fourth-order valence-electron chi connectivity index (χ4n) is 4.20. The van der Waals surface area contributed by atoms with Gasteiger partial charge in [-0.15, -0.1) is 0 Å². The van der Waals surface area contributed by atoms with Crippen LogP contribution >= 0.6 is 0 Å². The first-order chi connectivity index (χ1) is 13.7. The summed E-state index contributed by atoms with van der Waals surface area (Å²) in [6.45, 7) is 0.665. The van der Waals surface area contributed by atoms with E-state index in [-0.39, 0.29) is 11.8 Å². The van der Waals surface area contributed by atoms with Gasteiger partial charge >= 0.3 is 0 Å². The maximum atomic E-state index is 13.0. The Balaban J connectivity index is 1.45. The third-order valence-electron chi connectivity index (χ3n) is 5.57. The van der Waals surface area contributed by atoms with Gasteiger partial charge in [0, 0.05) is 18.7 Å². The predicted molar refractivity (Wildman–Crippen MR) is 111 cm³/mol. The van der Waals surface area contributed by atoms with E-state index in [0.29, 0.717) is 24.2 Å². The van der Waals surface area contributed by atoms with Crippen molar-refractivity contribution >= 4 is 23.2 Å². The monoisotopic (exact) mass is 368 g/mol. The number of fused-ring (bicyclic) bond motifs is 3. The van der Waals surface area contributed by atoms with Gasteiger partial charge in [0.15, 0.2) is 0 Å². The Morgan fingerprint density at radius 1 is 0.893 bits per heavy atom. The first kappa shape index (κ1) is 16.8. The fourth-order valence-corrected chi connectivity index (χ4v) is 4.20. The number of carbonyl (C=O) groups excluding carboxylic acids is 2. The molecule has 4 heteroatoms. The van der Waals surface area contributed by atoms with Crippen LogP contribution in [-0.4, -0.2) is 18.4 Å². The van der Waals surface area contributed by atoms with Crippen LogP contribution in [0.15, 0.2) is 66.7 Å². The minimum absolute atomic E-state index is 0.0781. The molecule has 1 fully saturated rings. The van der Waals surface area contributed by atoms with Gasteiger partial charge in [-0.25, -0.2) is 0 Å². The topological polar surface area (TPSA) is 49.4 Å². The molecule has 2 amide bonds. The second kappa shape index (κ2) is 6.64. The summed E-state index contributed by atoms with van der Waals surface area (Å²) >= 11 is 0. The van der Waals surface area contributed by atoms with E-state index in [0.717, 1.165) is 18.5 Å². The minimum atomic E-state index is -0.193. The van der Waals surface area contributed by atoms with Crippen molar-refractivity contribution < 1.29 is 9.59 Å². The molecule has 138 valence electrons. The normalized spacial score (nSPS) is 14.7. The Morgan fingerprint density at radius 3 is 2.54 bits per heavy atom. The zero-order valence-corrected chi connectivity index (χ0v) is 15.4. The molecule has 0 saturated carbocycles. The molecule has 1 saturated heterocycles. The smallest absolute Gasteiger partial charge is 0.257 e. The van der Waals surface area contributed by atoms with Crippen LogP contribution in [0.25, 0.3) is 11.1 Å². The van der Waals surface area contributed by atoms with Crippen molar-refractivity contribution in [3.63, 3.8) is 0 Å². The number of hydrogen-bond donors (Lipinski definition) is 1. The van der Waals surface area contributed by atoms with Gasteiger partial charge < -0.3 is 10.2 Å². The second-order valence-electron chi connectivity index (χ2n) is 7.33. The van der Waals surface area contributed by atoms with Crippen molar-refractivity contribution in [1.82, 2.24) is 0 Å². The Labute approximate surface area is 163 Å². The van der Waals surface area contributed by atoms with Gasteiger partial charge in [-0.1, -0.05) is 42.5 Å². The zero-order chi connectivity index (χ0) is 19.1. The molecule has 28 heavy (non-hydrogen) atoms. The molecule has 0 aromatic heterocycles. The lowest BCUT2D eigenvalue weighted by Gasteiger charge is -2.19. The molecule has 1 aliphatic heterocycles. The highest BCUT2D eigenvalue weighted by molar-refractivity contribution is 6.11. The van der Waals surface area contributed by atoms with Crippen LogP contribution in [0, 0.1) is 0 Å². The van der Waals surface area contributed by atoms with Crippen LogP contribution in [-0.2, 0) is 11.2 Å². The van der Waals surface area contributed by atoms with E-state index in [1.54, 1.807) is 11.0 Å². The third kappa shape index (κ3) is 2.78. The molecule has 0 radical (unpaired) electrons. The lowest BCUT2D eigenvalue weighted by atomic mass is 10.0. The number of para-hydroxylation sites is 1. The summed E-state index contributed by atoms with van der Waals surface area (Å²) in [7, 11) is 0. The van der Waals surface area contributed by atoms with E-state index in [4.69, 9.17) is 0 Å². The molecule has 5 rings (SSSR count). The van der Waals surface area contributed by atoms with Crippen LogP contribution in [0.1, 0.15) is 34.3 Å². The molecule has 1 N–H and O–H groups in total. The van der Waals surface area contributed by atoms with E-state index in [1.165, 1.54) is 22.3 Å². The van der Waals surface area contributed by atoms with Crippen LogP contribution in [0.4, 0.5) is 11.4 Å². The van der Waals surface area contributed by atoms with Crippen LogP contribution in [0.3, 0.4) is 0 Å². The number of benzene rings is 3. The van der Waals surface area contributed by atoms with Gasteiger partial charge in [0.1, 0.15) is 0 Å². The molecule has 0 spiro atoms. The summed E-state index contributed by atoms with van der Waals surface area (Å²) in [4.78, 5) is 26.9. The van der Waals surface area contributed by atoms with Crippen LogP contribution in [0.2, 0.25) is 0 Å². The number of carbonyl (C=O) groups is 2. The lowest BCUT2D eigenvalue weighted by molar-refractivity contribution is -0.117. The molecule has 3 aromatic carbocycles. The predicted octanol–water partition coefficient (Wildman–Crippen LogP) is 4.64. The van der Waals surface area contributed by atoms with Gasteiger partial charge in [-0.05, 0) is 59.4 Å². The quantitative estimate of drug-likeness (QED) is 0.573. The second-order valence-corrected chi connectivity index (χ2v) is 7.33. The molecule has 1 heterocycles. The zero-order valence-electron chi connectivity index (χ0n) is 15.4. The largest absolute Gasteiger partial charge is 0.322 e. The van der Waals surface area contributed by atoms with E-state index < -0.39 is 0 Å². The summed E-state index contributed by atoms with van der Waals surface area (Å²) < 4.78 is 0. The Bertz CT molecular complexity index is 1100. The number of amides is 2. The molecule has 2 aliphatic rings. The molecule has 0 bridgehead atoms. The third-order valence-corrected chi connectivity index (χ3v) is 5.57. The van der Waals surface area contributed by atoms with Crippen molar-refractivity contribution in [3.05, 3.63) is 83.4 Å². The van der Waals surface area contributed by atoms with Crippen LogP contribution < -0.4 is 10.2 Å². The van der Waals surface area contributed by atoms with Gasteiger partial charge in [-0.2, -0.15) is 0 Å². The molecule has 3 aromatic rings. The highest BCUT2D eigenvalue weighted by Gasteiger charge is 2.26. The molecule has 4 nitrogen and oxygen atoms in total. The first-order valence-corrected chi connectivity index (χ1v) is 9.63. The summed E-state index contributed by atoms with van der Waals surface area (Å²) in [5.74, 6) is -0.115. The van der Waals surface area contributed by atoms with Gasteiger partial charge in [0.05, 0.1) is 11.3 Å². The number of rotatable bonds is 3. The lowest BCUT2D eigenvalue weighted by Crippen LogP contribution is -2.27. The fraction of sp³-hybridized carbons (Fsp3) is 0.167. The number of hydrogen-bond acceptors (Lipinski definition) is 2. The molecule has 0 unspecified atom stereocenters. The molecule has 0 atom stereocenters. The first-order valence-electron chi connectivity index (χ1n) is 9.63. The van der Waals surface area contributed by atoms with Crippen molar-refractivity contribution in [2.45, 2.75) is 19.3 Å². The van der Waals surface area contributed by atoms with Crippen molar-refractivity contribution in [3.8, 4) is 11.1 Å². The molecular formula is C24H20N2O2. The SMILES string of the molecule is O=C(Nc1ccc2c(c1)-c1ccccc1C2)c1ccccc1N1CCCC1=O. The van der Waals surface area contributed by atoms with Crippen LogP contribution in [0.5, 0.6) is 0 Å². The van der Waals surface area contributed by atoms with E-state index in [1.807, 2.05) is 36.4 Å². The molecule has 1 aliphatic carbocycles. The summed E-state index contributed by atoms with van der Waals surface area (Å²) in [6, 6.07) is 21.8. The van der Waals surface area contributed by atoms with Gasteiger partial charge in [0.2, 0.25) is 5.91 Å². The van der Waals surface area contributed by atoms with E-state index in [9.17, 15) is 9.59 Å². The maximum Gasteiger partial charge on any atom is 0.257 e. The van der Waals surface area contributed by atoms with Crippen molar-refractivity contribution in [2.24, 2.45) is 0 Å². The summed E-state index contributed by atoms with van der Waals surface area (Å²) in [5.41, 5.74) is 6.99. The highest BCUT2D eigenvalue weighted by Crippen LogP contribution is 2.38. The Hall–Kier alpha value is -3.40. The number of nitrogens with one attached hydrogen (secondary N) is 1. The highest BCUT2D eigenvalue weighted by atomic mass is 16.2. The van der Waals surface area contributed by atoms with Gasteiger partial charge in [0.25, 0.3) is 5.91 Å². The summed E-state index contributed by atoms with van der Waals surface area (Å²) in [6.07, 6.45) is 2.30. The summed E-state index contributed by atoms with van der Waals surface area (Å²) in [5, 5.41) is 3.02. The van der Waals surface area contributed by atoms with Gasteiger partial charge in [-0.3, -0.25) is 9.59 Å². The Kier molecular flexibility index (Phi) is 3.97. The van der Waals surface area contributed by atoms with Crippen molar-refractivity contribution in [2.75, 3.05) is 16.8 Å². The standard InChI is InChI=1S/C24H20N2O2/c27-23-10-5-13-26(23)22-9-4-3-8-20(22)24(28)25-18-12-11-17-14-16-6-1-2-7-19(16)21(17)15-18/h1-4,6-9,11-12,15H,5,10,13-14H2,(H,25,28). The average molecular weight is 368 g/mol. The molecular weight excluding hydrogens is 348 g/mol. The maximum absolute atomic E-state index is 13.0. The number of nitrogens with zero attached hydrogens (tertiary/aromatic N) is 1. The van der Waals surface area contributed by atoms with Crippen molar-refractivity contribution in [1.29, 1.82) is 0 Å². The number of anilines is 2.